The van der Waals surface area contributed by atoms with Gasteiger partial charge in [0.1, 0.15) is 5.82 Å². The van der Waals surface area contributed by atoms with Crippen LogP contribution in [0.1, 0.15) is 31.5 Å². The second-order valence-corrected chi connectivity index (χ2v) is 7.59. The van der Waals surface area contributed by atoms with E-state index in [-0.39, 0.29) is 54.2 Å². The van der Waals surface area contributed by atoms with E-state index >= 15 is 0 Å². The summed E-state index contributed by atoms with van der Waals surface area (Å²) in [6.07, 6.45) is 4.11. The number of pyridine rings is 1. The zero-order valence-corrected chi connectivity index (χ0v) is 17.9. The van der Waals surface area contributed by atoms with Gasteiger partial charge < -0.3 is 15.6 Å². The lowest BCUT2D eigenvalue weighted by atomic mass is 9.79. The van der Waals surface area contributed by atoms with Crippen LogP contribution >= 0.6 is 24.8 Å². The molecule has 1 aliphatic rings. The number of nitrogens with two attached hydrogens (primary N) is 1. The number of aryl methyl sites for hydroxylation is 1. The van der Waals surface area contributed by atoms with Crippen LogP contribution in [0, 0.1) is 12.3 Å². The third-order valence-electron chi connectivity index (χ3n) is 5.17. The molecule has 3 rings (SSSR count). The predicted molar refractivity (Wildman–Crippen MR) is 114 cm³/mol. The molecule has 0 saturated carbocycles. The predicted octanol–water partition coefficient (Wildman–Crippen LogP) is 2.11. The third-order valence-corrected chi connectivity index (χ3v) is 5.17. The van der Waals surface area contributed by atoms with E-state index in [4.69, 9.17) is 5.73 Å². The zero-order chi connectivity index (χ0) is 18.9. The first-order chi connectivity index (χ1) is 12.3. The Hall–Kier alpha value is -1.96. The molecule has 154 valence electrons. The van der Waals surface area contributed by atoms with E-state index in [0.29, 0.717) is 30.2 Å². The van der Waals surface area contributed by atoms with Gasteiger partial charge in [-0.3, -0.25) is 14.6 Å². The molecule has 1 unspecified atom stereocenters. The molecule has 1 amide bonds. The lowest BCUT2D eigenvalue weighted by molar-refractivity contribution is -0.133. The number of hydrogen-bond acceptors (Lipinski definition) is 5. The van der Waals surface area contributed by atoms with Gasteiger partial charge in [-0.1, -0.05) is 13.8 Å². The Kier molecular flexibility index (Phi) is 8.16. The van der Waals surface area contributed by atoms with E-state index in [9.17, 15) is 9.59 Å². The number of halogens is 2. The van der Waals surface area contributed by atoms with E-state index in [0.717, 1.165) is 12.0 Å². The number of amides is 1. The summed E-state index contributed by atoms with van der Waals surface area (Å²) in [5.41, 5.74) is 7.51. The van der Waals surface area contributed by atoms with Crippen molar-refractivity contribution in [1.29, 1.82) is 0 Å². The molecule has 9 heteroatoms. The van der Waals surface area contributed by atoms with Crippen LogP contribution < -0.4 is 11.3 Å². The Balaban J connectivity index is 0.00000196. The van der Waals surface area contributed by atoms with Crippen LogP contribution in [0.15, 0.2) is 29.3 Å². The second kappa shape index (κ2) is 9.49. The SMILES string of the molecule is Cc1nc(-c2ccncc2)[nH]c(=O)c1CC(=O)N1CCC(N)C(C)(C)C1.Cl.Cl. The summed E-state index contributed by atoms with van der Waals surface area (Å²) >= 11 is 0. The number of rotatable bonds is 3. The number of likely N-dealkylation sites (tertiary alicyclic amines) is 1. The molecular weight excluding hydrogens is 401 g/mol. The number of nitrogens with one attached hydrogen (secondary N) is 1. The Labute approximate surface area is 177 Å². The van der Waals surface area contributed by atoms with Crippen molar-refractivity contribution < 1.29 is 4.79 Å². The summed E-state index contributed by atoms with van der Waals surface area (Å²) in [6.45, 7) is 7.13. The third kappa shape index (κ3) is 5.10. The van der Waals surface area contributed by atoms with Gasteiger partial charge in [-0.15, -0.1) is 24.8 Å². The van der Waals surface area contributed by atoms with Crippen molar-refractivity contribution >= 4 is 30.7 Å². The van der Waals surface area contributed by atoms with Crippen LogP contribution in [0.2, 0.25) is 0 Å². The monoisotopic (exact) mass is 427 g/mol. The van der Waals surface area contributed by atoms with Crippen molar-refractivity contribution in [3.8, 4) is 11.4 Å². The van der Waals surface area contributed by atoms with Crippen molar-refractivity contribution in [2.24, 2.45) is 11.1 Å². The minimum Gasteiger partial charge on any atom is -0.342 e. The first-order valence-corrected chi connectivity index (χ1v) is 8.81. The number of nitrogens with zero attached hydrogens (tertiary/aromatic N) is 3. The molecule has 1 aliphatic heterocycles. The van der Waals surface area contributed by atoms with Gasteiger partial charge in [-0.2, -0.15) is 0 Å². The molecule has 0 aliphatic carbocycles. The highest BCUT2D eigenvalue weighted by Crippen LogP contribution is 2.28. The fraction of sp³-hybridized carbons (Fsp3) is 0.474. The van der Waals surface area contributed by atoms with Crippen LogP contribution in [0.3, 0.4) is 0 Å². The van der Waals surface area contributed by atoms with E-state index in [1.807, 2.05) is 0 Å². The molecule has 0 radical (unpaired) electrons. The largest absolute Gasteiger partial charge is 0.342 e. The molecule has 0 aromatic carbocycles. The average molecular weight is 428 g/mol. The van der Waals surface area contributed by atoms with Crippen LogP contribution in [0.25, 0.3) is 11.4 Å². The molecular formula is C19H27Cl2N5O2. The minimum absolute atomic E-state index is 0. The zero-order valence-electron chi connectivity index (χ0n) is 16.3. The van der Waals surface area contributed by atoms with E-state index < -0.39 is 0 Å². The molecule has 1 fully saturated rings. The number of piperidine rings is 1. The van der Waals surface area contributed by atoms with Crippen molar-refractivity contribution in [3.05, 3.63) is 46.1 Å². The maximum atomic E-state index is 12.7. The van der Waals surface area contributed by atoms with E-state index in [1.54, 1.807) is 36.4 Å². The maximum Gasteiger partial charge on any atom is 0.255 e. The van der Waals surface area contributed by atoms with Gasteiger partial charge in [-0.05, 0) is 30.9 Å². The van der Waals surface area contributed by atoms with E-state index in [1.165, 1.54) is 0 Å². The summed E-state index contributed by atoms with van der Waals surface area (Å²) in [5.74, 6) is 0.424. The fourth-order valence-corrected chi connectivity index (χ4v) is 3.31. The van der Waals surface area contributed by atoms with Crippen LogP contribution in [0.4, 0.5) is 0 Å². The highest BCUT2D eigenvalue weighted by Gasteiger charge is 2.35. The fourth-order valence-electron chi connectivity index (χ4n) is 3.31. The summed E-state index contributed by atoms with van der Waals surface area (Å²) in [4.78, 5) is 38.3. The number of carbonyl (C=O) groups excluding carboxylic acids is 1. The summed E-state index contributed by atoms with van der Waals surface area (Å²) in [5, 5.41) is 0. The highest BCUT2D eigenvalue weighted by molar-refractivity contribution is 5.85. The van der Waals surface area contributed by atoms with Gasteiger partial charge in [0, 0.05) is 48.3 Å². The second-order valence-electron chi connectivity index (χ2n) is 7.59. The van der Waals surface area contributed by atoms with Gasteiger partial charge in [0.15, 0.2) is 0 Å². The number of carbonyl (C=O) groups is 1. The molecule has 3 N–H and O–H groups in total. The van der Waals surface area contributed by atoms with Crippen molar-refractivity contribution in [2.45, 2.75) is 39.7 Å². The van der Waals surface area contributed by atoms with Gasteiger partial charge in [0.2, 0.25) is 5.91 Å². The molecule has 28 heavy (non-hydrogen) atoms. The molecule has 2 aromatic rings. The lowest BCUT2D eigenvalue weighted by Crippen LogP contribution is -2.54. The Morgan fingerprint density at radius 3 is 2.54 bits per heavy atom. The first-order valence-electron chi connectivity index (χ1n) is 8.81. The van der Waals surface area contributed by atoms with Crippen molar-refractivity contribution in [1.82, 2.24) is 19.9 Å². The standard InChI is InChI=1S/C19H25N5O2.2ClH/c1-12-14(10-16(25)24-9-6-15(20)19(2,3)11-24)18(26)23-17(22-12)13-4-7-21-8-5-13;;/h4-5,7-8,15H,6,9-11,20H2,1-3H3,(H,22,23,26);2*1H. The average Bonchev–Trinajstić information content (AvgIpc) is 2.60. The smallest absolute Gasteiger partial charge is 0.255 e. The molecule has 2 aromatic heterocycles. The van der Waals surface area contributed by atoms with Crippen molar-refractivity contribution in [2.75, 3.05) is 13.1 Å². The molecule has 1 saturated heterocycles. The van der Waals surface area contributed by atoms with Gasteiger partial charge in [0.05, 0.1) is 6.42 Å². The Bertz CT molecular complexity index is 870. The van der Waals surface area contributed by atoms with Gasteiger partial charge in [-0.25, -0.2) is 4.98 Å². The summed E-state index contributed by atoms with van der Waals surface area (Å²) < 4.78 is 0. The topological polar surface area (TPSA) is 105 Å². The Morgan fingerprint density at radius 1 is 1.32 bits per heavy atom. The van der Waals surface area contributed by atoms with Gasteiger partial charge >= 0.3 is 0 Å². The first kappa shape index (κ1) is 24.1. The van der Waals surface area contributed by atoms with Crippen LogP contribution in [0.5, 0.6) is 0 Å². The molecule has 1 atom stereocenters. The number of H-pyrrole nitrogens is 1. The van der Waals surface area contributed by atoms with Gasteiger partial charge in [0.25, 0.3) is 5.56 Å². The van der Waals surface area contributed by atoms with E-state index in [2.05, 4.69) is 28.8 Å². The van der Waals surface area contributed by atoms with Crippen molar-refractivity contribution in [3.63, 3.8) is 0 Å². The summed E-state index contributed by atoms with van der Waals surface area (Å²) in [6, 6.07) is 3.64. The van der Waals surface area contributed by atoms with Crippen LogP contribution in [-0.4, -0.2) is 44.9 Å². The summed E-state index contributed by atoms with van der Waals surface area (Å²) in [7, 11) is 0. The number of aromatic amines is 1. The maximum absolute atomic E-state index is 12.7. The molecule has 0 bridgehead atoms. The van der Waals surface area contributed by atoms with Crippen LogP contribution in [-0.2, 0) is 11.2 Å². The molecule has 3 heterocycles. The number of aromatic nitrogens is 3. The highest BCUT2D eigenvalue weighted by atomic mass is 35.5. The normalized spacial score (nSPS) is 18.0. The Morgan fingerprint density at radius 2 is 1.96 bits per heavy atom. The number of hydrogen-bond donors (Lipinski definition) is 2. The minimum atomic E-state index is -0.273. The molecule has 0 spiro atoms. The lowest BCUT2D eigenvalue weighted by Gasteiger charge is -2.42. The quantitative estimate of drug-likeness (QED) is 0.779. The molecule has 7 nitrogen and oxygen atoms in total.